The van der Waals surface area contributed by atoms with Crippen molar-refractivity contribution in [1.82, 2.24) is 17.9 Å². The molecule has 366 valence electrons. The van der Waals surface area contributed by atoms with Crippen molar-refractivity contribution >= 4 is 32.8 Å². The topological polar surface area (TPSA) is 18.7 Å². The molecule has 0 aliphatic heterocycles. The summed E-state index contributed by atoms with van der Waals surface area (Å²) < 4.78 is 9.39. The highest BCUT2D eigenvalue weighted by Crippen LogP contribution is 2.43. The van der Waals surface area contributed by atoms with Crippen molar-refractivity contribution in [2.75, 3.05) is 0 Å². The predicted molar refractivity (Wildman–Crippen MR) is 326 cm³/mol. The van der Waals surface area contributed by atoms with Gasteiger partial charge in [0, 0.05) is 69.2 Å². The van der Waals surface area contributed by atoms with Gasteiger partial charge in [0.2, 0.25) is 0 Å². The van der Waals surface area contributed by atoms with E-state index >= 15 is 0 Å². The number of hydrogen-bond donors (Lipinski definition) is 0. The largest absolute Gasteiger partial charge is 0.323 e. The molecule has 6 heterocycles. The Kier molecular flexibility index (Phi) is 10.8. The van der Waals surface area contributed by atoms with Crippen LogP contribution >= 0.6 is 0 Å². The molecule has 0 aliphatic carbocycles. The van der Waals surface area contributed by atoms with Gasteiger partial charge in [0.25, 0.3) is 0 Å². The first-order chi connectivity index (χ1) is 38.7. The van der Waals surface area contributed by atoms with Gasteiger partial charge in [-0.3, -0.25) is 0 Å². The van der Waals surface area contributed by atoms with E-state index in [2.05, 4.69) is 322 Å². The Morgan fingerprint density at radius 1 is 0.218 bits per heavy atom. The first-order valence-corrected chi connectivity index (χ1v) is 26.7. The van der Waals surface area contributed by atoms with Crippen LogP contribution in [0.4, 0.5) is 0 Å². The van der Waals surface area contributed by atoms with Crippen LogP contribution < -0.4 is 0 Å². The van der Waals surface area contributed by atoms with Crippen LogP contribution in [0.5, 0.6) is 0 Å². The van der Waals surface area contributed by atoms with Crippen LogP contribution in [-0.2, 0) is 0 Å². The fraction of sp³-hybridized carbons (Fsp3) is 0. The van der Waals surface area contributed by atoms with Crippen LogP contribution in [0.2, 0.25) is 0 Å². The molecule has 78 heavy (non-hydrogen) atoms. The second-order valence-electron chi connectivity index (χ2n) is 20.2. The Morgan fingerprint density at radius 3 is 0.897 bits per heavy atom. The number of aromatic nitrogens is 4. The van der Waals surface area contributed by atoms with Crippen molar-refractivity contribution in [3.63, 3.8) is 0 Å². The number of pyridine rings is 2. The summed E-state index contributed by atoms with van der Waals surface area (Å²) in [5, 5.41) is 2.32. The molecule has 0 atom stereocenters. The summed E-state index contributed by atoms with van der Waals surface area (Å²) >= 11 is 0. The van der Waals surface area contributed by atoms with Gasteiger partial charge in [0.15, 0.2) is 0 Å². The highest BCUT2D eigenvalue weighted by Gasteiger charge is 2.21. The van der Waals surface area contributed by atoms with Crippen molar-refractivity contribution in [2.24, 2.45) is 0 Å². The molecular weight excluding hydrogens is 945 g/mol. The first kappa shape index (κ1) is 45.0. The van der Waals surface area contributed by atoms with E-state index in [-0.39, 0.29) is 0 Å². The molecule has 0 saturated heterocycles. The van der Waals surface area contributed by atoms with Crippen LogP contribution in [0.1, 0.15) is 0 Å². The van der Waals surface area contributed by atoms with Crippen molar-refractivity contribution < 1.29 is 0 Å². The van der Waals surface area contributed by atoms with E-state index in [1.165, 1.54) is 77.8 Å². The van der Waals surface area contributed by atoms with Crippen LogP contribution in [0.25, 0.3) is 133 Å². The maximum absolute atomic E-state index is 2.46. The normalized spacial score (nSPS) is 11.6. The maximum atomic E-state index is 2.46. The van der Waals surface area contributed by atoms with Crippen molar-refractivity contribution in [2.45, 2.75) is 0 Å². The second kappa shape index (κ2) is 18.7. The minimum Gasteiger partial charge on any atom is -0.323 e. The summed E-state index contributed by atoms with van der Waals surface area (Å²) in [6.45, 7) is 0. The quantitative estimate of drug-likeness (QED) is 0.130. The fourth-order valence-corrected chi connectivity index (χ4v) is 11.9. The van der Waals surface area contributed by atoms with Gasteiger partial charge in [0.1, 0.15) is 0 Å². The smallest absolute Gasteiger partial charge is 0.0542 e. The SMILES string of the molecule is c1ccc(-c2ccc(-c3cc4cc5c(cc(-c6ccc(-c7ccccc7)cc6)n5-c5ccc(-c6cn7ccccc7c6-c6ccccc6)cc5)cc4n3-c3ccc(-c4cn5ccccc5c4-c4ccccc4)cc3)cc2)cc1. The Morgan fingerprint density at radius 2 is 0.526 bits per heavy atom. The van der Waals surface area contributed by atoms with Gasteiger partial charge in [-0.05, 0) is 128 Å². The standard InChI is InChI=1S/C74H50N4/c1-5-17-51(18-6-1)53-27-31-57(32-28-53)69-45-61-47-72-62(48-71(61)77(69)63-39-35-55(36-40-63)65-49-75-43-15-13-25-67(75)73(65)59-21-9-3-10-22-59)46-70(58-33-29-54(30-34-58)52-19-7-2-8-20-52)78(72)64-41-37-56(38-42-64)66-50-76-44-16-14-26-68(76)74(66)60-23-11-4-12-24-60/h1-50H. The monoisotopic (exact) mass is 994 g/mol. The molecule has 0 fully saturated rings. The summed E-state index contributed by atoms with van der Waals surface area (Å²) in [5.74, 6) is 0. The first-order valence-electron chi connectivity index (χ1n) is 26.7. The van der Waals surface area contributed by atoms with Crippen LogP contribution in [0.3, 0.4) is 0 Å². The van der Waals surface area contributed by atoms with Gasteiger partial charge in [-0.1, -0.05) is 206 Å². The number of hydrogen-bond acceptors (Lipinski definition) is 0. The molecule has 0 N–H and O–H groups in total. The van der Waals surface area contributed by atoms with E-state index in [9.17, 15) is 0 Å². The average molecular weight is 995 g/mol. The number of fused-ring (bicyclic) bond motifs is 4. The summed E-state index contributed by atoms with van der Waals surface area (Å²) in [7, 11) is 0. The average Bonchev–Trinajstić information content (AvgIpc) is 4.49. The highest BCUT2D eigenvalue weighted by molar-refractivity contribution is 6.03. The van der Waals surface area contributed by atoms with E-state index in [0.717, 1.165) is 55.7 Å². The molecule has 0 bridgehead atoms. The summed E-state index contributed by atoms with van der Waals surface area (Å²) in [6.07, 6.45) is 8.82. The molecule has 4 nitrogen and oxygen atoms in total. The van der Waals surface area contributed by atoms with E-state index < -0.39 is 0 Å². The molecule has 0 radical (unpaired) electrons. The summed E-state index contributed by atoms with van der Waals surface area (Å²) in [6, 6.07) is 102. The van der Waals surface area contributed by atoms with Crippen molar-refractivity contribution in [3.05, 3.63) is 304 Å². The Balaban J connectivity index is 0.906. The van der Waals surface area contributed by atoms with E-state index in [0.29, 0.717) is 0 Å². The molecule has 6 aromatic heterocycles. The highest BCUT2D eigenvalue weighted by atomic mass is 15.0. The molecule has 9 aromatic carbocycles. The van der Waals surface area contributed by atoms with Crippen molar-refractivity contribution in [1.29, 1.82) is 0 Å². The third kappa shape index (κ3) is 7.77. The molecule has 4 heteroatoms. The van der Waals surface area contributed by atoms with Gasteiger partial charge < -0.3 is 17.9 Å². The van der Waals surface area contributed by atoms with Gasteiger partial charge >= 0.3 is 0 Å². The Bertz CT molecular complexity index is 4340. The lowest BCUT2D eigenvalue weighted by atomic mass is 9.97. The number of benzene rings is 9. The van der Waals surface area contributed by atoms with Crippen LogP contribution in [-0.4, -0.2) is 17.9 Å². The zero-order chi connectivity index (χ0) is 51.5. The van der Waals surface area contributed by atoms with Gasteiger partial charge in [-0.15, -0.1) is 0 Å². The Labute approximate surface area is 452 Å². The molecule has 0 aliphatic rings. The Hall–Kier alpha value is -10.4. The lowest BCUT2D eigenvalue weighted by Gasteiger charge is -2.14. The van der Waals surface area contributed by atoms with Crippen LogP contribution in [0.15, 0.2) is 304 Å². The number of nitrogens with zero attached hydrogens (tertiary/aromatic N) is 4. The molecule has 0 amide bonds. The number of rotatable bonds is 10. The lowest BCUT2D eigenvalue weighted by Crippen LogP contribution is -1.98. The molecule has 0 saturated carbocycles. The zero-order valence-electron chi connectivity index (χ0n) is 42.7. The van der Waals surface area contributed by atoms with E-state index in [1.54, 1.807) is 0 Å². The van der Waals surface area contributed by atoms with Gasteiger partial charge in [0.05, 0.1) is 33.5 Å². The van der Waals surface area contributed by atoms with E-state index in [1.807, 2.05) is 0 Å². The third-order valence-corrected chi connectivity index (χ3v) is 15.7. The molecular formula is C74H50N4. The minimum atomic E-state index is 1.10. The van der Waals surface area contributed by atoms with Crippen molar-refractivity contribution in [3.8, 4) is 101 Å². The summed E-state index contributed by atoms with van der Waals surface area (Å²) in [5.41, 5.74) is 25.8. The lowest BCUT2D eigenvalue weighted by molar-refractivity contribution is 1.13. The predicted octanol–water partition coefficient (Wildman–Crippen LogP) is 19.4. The fourth-order valence-electron chi connectivity index (χ4n) is 11.9. The molecule has 15 aromatic rings. The molecule has 15 rings (SSSR count). The zero-order valence-corrected chi connectivity index (χ0v) is 42.7. The third-order valence-electron chi connectivity index (χ3n) is 15.7. The van der Waals surface area contributed by atoms with E-state index in [4.69, 9.17) is 0 Å². The van der Waals surface area contributed by atoms with Gasteiger partial charge in [-0.25, -0.2) is 0 Å². The molecule has 0 unspecified atom stereocenters. The second-order valence-corrected chi connectivity index (χ2v) is 20.2. The summed E-state index contributed by atoms with van der Waals surface area (Å²) in [4.78, 5) is 0. The molecule has 0 spiro atoms. The minimum absolute atomic E-state index is 1.10. The van der Waals surface area contributed by atoms with Gasteiger partial charge in [-0.2, -0.15) is 0 Å². The van der Waals surface area contributed by atoms with Crippen LogP contribution in [0, 0.1) is 0 Å². The maximum Gasteiger partial charge on any atom is 0.0542 e.